The van der Waals surface area contributed by atoms with E-state index in [9.17, 15) is 26.3 Å². The summed E-state index contributed by atoms with van der Waals surface area (Å²) in [5.41, 5.74) is 0. The van der Waals surface area contributed by atoms with Gasteiger partial charge in [-0.1, -0.05) is 13.3 Å². The Morgan fingerprint density at radius 2 is 1.35 bits per heavy atom. The fraction of sp³-hybridized carbons (Fsp3) is 1.00. The second-order valence-electron chi connectivity index (χ2n) is 3.09. The topological polar surface area (TPSA) is 27.7 Å². The molecule has 0 rings (SSSR count). The van der Waals surface area contributed by atoms with Crippen molar-refractivity contribution in [3.05, 3.63) is 0 Å². The molecule has 0 heterocycles. The van der Waals surface area contributed by atoms with E-state index in [0.717, 1.165) is 0 Å². The van der Waals surface area contributed by atoms with Gasteiger partial charge >= 0.3 is 21.5 Å². The minimum Gasteiger partial charge on any atom is -0.377 e. The van der Waals surface area contributed by atoms with Gasteiger partial charge in [0.15, 0.2) is 0 Å². The molecule has 0 aliphatic carbocycles. The normalized spacial score (nSPS) is 14.1. The lowest BCUT2D eigenvalue weighted by atomic mass is 10.4. The summed E-state index contributed by atoms with van der Waals surface area (Å²) in [6, 6.07) is -0.557. The Morgan fingerprint density at radius 3 is 1.59 bits per heavy atom. The fourth-order valence-corrected chi connectivity index (χ4v) is 3.16. The van der Waals surface area contributed by atoms with Crippen LogP contribution in [0.2, 0.25) is 6.04 Å². The van der Waals surface area contributed by atoms with Gasteiger partial charge in [-0.15, -0.1) is 26.3 Å². The first-order valence-electron chi connectivity index (χ1n) is 4.62. The summed E-state index contributed by atoms with van der Waals surface area (Å²) in [5.74, 6) is 0. The number of hydrogen-bond acceptors (Lipinski definition) is 3. The highest BCUT2D eigenvalue weighted by Gasteiger charge is 2.55. The first-order valence-corrected chi connectivity index (χ1v) is 6.56. The summed E-state index contributed by atoms with van der Waals surface area (Å²) in [5, 5.41) is 0. The summed E-state index contributed by atoms with van der Waals surface area (Å²) in [6.45, 7) is 1.61. The molecule has 0 N–H and O–H groups in total. The highest BCUT2D eigenvalue weighted by Crippen LogP contribution is 2.33. The summed E-state index contributed by atoms with van der Waals surface area (Å²) in [6.07, 6.45) is -10.0. The predicted molar refractivity (Wildman–Crippen MR) is 46.8 cm³/mol. The Balaban J connectivity index is 4.87. The summed E-state index contributed by atoms with van der Waals surface area (Å²) >= 11 is 0. The van der Waals surface area contributed by atoms with Gasteiger partial charge in [-0.05, 0) is 6.42 Å². The molecule has 0 unspecified atom stereocenters. The van der Waals surface area contributed by atoms with Gasteiger partial charge in [-0.25, -0.2) is 0 Å². The maximum atomic E-state index is 12.0. The third-order valence-electron chi connectivity index (χ3n) is 1.69. The molecule has 0 radical (unpaired) electrons. The van der Waals surface area contributed by atoms with Crippen molar-refractivity contribution in [2.45, 2.75) is 38.5 Å². The van der Waals surface area contributed by atoms with Crippen LogP contribution in [-0.4, -0.2) is 28.6 Å². The maximum Gasteiger partial charge on any atom is 0.516 e. The number of halogens is 6. The summed E-state index contributed by atoms with van der Waals surface area (Å²) in [4.78, 5) is 0. The Labute approximate surface area is 95.0 Å². The second-order valence-corrected chi connectivity index (χ2v) is 5.77. The van der Waals surface area contributed by atoms with Crippen LogP contribution in [0, 0.1) is 0 Å². The lowest BCUT2D eigenvalue weighted by Gasteiger charge is -2.29. The molecular weight excluding hydrogens is 274 g/mol. The van der Waals surface area contributed by atoms with Crippen LogP contribution in [0.4, 0.5) is 26.3 Å². The lowest BCUT2D eigenvalue weighted by molar-refractivity contribution is -0.334. The van der Waals surface area contributed by atoms with Crippen molar-refractivity contribution in [3.63, 3.8) is 0 Å². The SMILES string of the molecule is CCCC[Si](OC)(OC(F)(F)F)OC(F)(F)F. The van der Waals surface area contributed by atoms with Crippen molar-refractivity contribution in [2.24, 2.45) is 0 Å². The zero-order valence-corrected chi connectivity index (χ0v) is 10.1. The van der Waals surface area contributed by atoms with Crippen molar-refractivity contribution in [1.29, 1.82) is 0 Å². The minimum absolute atomic E-state index is 0.0756. The van der Waals surface area contributed by atoms with Crippen molar-refractivity contribution in [3.8, 4) is 0 Å². The van der Waals surface area contributed by atoms with Crippen LogP contribution in [0.25, 0.3) is 0 Å². The van der Waals surface area contributed by atoms with Crippen molar-refractivity contribution in [2.75, 3.05) is 7.11 Å². The lowest BCUT2D eigenvalue weighted by Crippen LogP contribution is -2.51. The first kappa shape index (κ1) is 16.7. The highest BCUT2D eigenvalue weighted by molar-refractivity contribution is 6.60. The van der Waals surface area contributed by atoms with Gasteiger partial charge in [-0.2, -0.15) is 0 Å². The van der Waals surface area contributed by atoms with Crippen LogP contribution in [0.1, 0.15) is 19.8 Å². The Kier molecular flexibility index (Phi) is 5.91. The van der Waals surface area contributed by atoms with Crippen molar-refractivity contribution >= 4 is 8.80 Å². The average Bonchev–Trinajstić information content (AvgIpc) is 2.09. The predicted octanol–water partition coefficient (Wildman–Crippen LogP) is 3.44. The molecule has 0 amide bonds. The van der Waals surface area contributed by atoms with Gasteiger partial charge in [0.2, 0.25) is 0 Å². The number of unbranched alkanes of at least 4 members (excludes halogenated alkanes) is 1. The fourth-order valence-electron chi connectivity index (χ4n) is 1.05. The van der Waals surface area contributed by atoms with Gasteiger partial charge in [0.1, 0.15) is 0 Å². The van der Waals surface area contributed by atoms with Crippen LogP contribution in [0.5, 0.6) is 0 Å². The average molecular weight is 286 g/mol. The van der Waals surface area contributed by atoms with Crippen LogP contribution in [0.15, 0.2) is 0 Å². The Bertz CT molecular complexity index is 213. The van der Waals surface area contributed by atoms with E-state index in [2.05, 4.69) is 13.3 Å². The van der Waals surface area contributed by atoms with Crippen molar-refractivity contribution < 1.29 is 39.6 Å². The van der Waals surface area contributed by atoms with Crippen LogP contribution >= 0.6 is 0 Å². The largest absolute Gasteiger partial charge is 0.516 e. The molecule has 17 heavy (non-hydrogen) atoms. The van der Waals surface area contributed by atoms with E-state index < -0.39 is 27.6 Å². The van der Waals surface area contributed by atoms with Crippen LogP contribution in [0.3, 0.4) is 0 Å². The van der Waals surface area contributed by atoms with Gasteiger partial charge in [0, 0.05) is 13.2 Å². The molecule has 10 heteroatoms. The first-order chi connectivity index (χ1) is 7.54. The van der Waals surface area contributed by atoms with Crippen LogP contribution < -0.4 is 0 Å². The van der Waals surface area contributed by atoms with Gasteiger partial charge in [0.05, 0.1) is 0 Å². The second kappa shape index (κ2) is 6.02. The monoisotopic (exact) mass is 286 g/mol. The molecule has 0 saturated heterocycles. The van der Waals surface area contributed by atoms with E-state index in [-0.39, 0.29) is 6.42 Å². The summed E-state index contributed by atoms with van der Waals surface area (Å²) < 4.78 is 83.3. The molecule has 0 aromatic carbocycles. The smallest absolute Gasteiger partial charge is 0.377 e. The van der Waals surface area contributed by atoms with Gasteiger partial charge < -0.3 is 4.43 Å². The van der Waals surface area contributed by atoms with Gasteiger partial charge in [-0.3, -0.25) is 8.85 Å². The van der Waals surface area contributed by atoms with Gasteiger partial charge in [0.25, 0.3) is 0 Å². The standard InChI is InChI=1S/C7H12F6O3Si/c1-3-4-5-17(14-2,15-6(8,9)10)16-7(11,12)13/h3-5H2,1-2H3. The molecule has 104 valence electrons. The third kappa shape index (κ3) is 7.57. The van der Waals surface area contributed by atoms with Crippen LogP contribution in [-0.2, 0) is 13.3 Å². The zero-order valence-electron chi connectivity index (χ0n) is 9.11. The highest BCUT2D eigenvalue weighted by atomic mass is 28.4. The van der Waals surface area contributed by atoms with E-state index in [0.29, 0.717) is 13.5 Å². The van der Waals surface area contributed by atoms with E-state index in [4.69, 9.17) is 0 Å². The molecule has 0 aliphatic heterocycles. The number of alkyl halides is 6. The molecule has 0 aromatic heterocycles. The molecule has 0 aromatic rings. The molecule has 0 saturated carbocycles. The minimum atomic E-state index is -5.23. The zero-order chi connectivity index (χ0) is 13.7. The molecule has 0 spiro atoms. The number of hydrogen-bond donors (Lipinski definition) is 0. The third-order valence-corrected chi connectivity index (χ3v) is 4.36. The van der Waals surface area contributed by atoms with E-state index in [1.54, 1.807) is 6.92 Å². The van der Waals surface area contributed by atoms with E-state index in [1.165, 1.54) is 0 Å². The molecule has 0 bridgehead atoms. The van der Waals surface area contributed by atoms with E-state index in [1.807, 2.05) is 0 Å². The molecule has 3 nitrogen and oxygen atoms in total. The Hall–Kier alpha value is -0.323. The summed E-state index contributed by atoms with van der Waals surface area (Å²) in [7, 11) is -4.10. The Morgan fingerprint density at radius 1 is 0.941 bits per heavy atom. The maximum absolute atomic E-state index is 12.0. The molecule has 0 atom stereocenters. The number of rotatable bonds is 6. The van der Waals surface area contributed by atoms with E-state index >= 15 is 0 Å². The molecule has 0 aliphatic rings. The quantitative estimate of drug-likeness (QED) is 0.553. The molecular formula is C7H12F6O3Si. The molecule has 0 fully saturated rings. The van der Waals surface area contributed by atoms with Crippen molar-refractivity contribution in [1.82, 2.24) is 0 Å².